The molecule has 0 bridgehead atoms. The first-order chi connectivity index (χ1) is 8.52. The summed E-state index contributed by atoms with van der Waals surface area (Å²) in [6, 6.07) is 1.70. The Kier molecular flexibility index (Phi) is 2.92. The van der Waals surface area contributed by atoms with Gasteiger partial charge in [-0.2, -0.15) is 5.10 Å². The summed E-state index contributed by atoms with van der Waals surface area (Å²) in [6.45, 7) is 0. The molecule has 1 heterocycles. The third kappa shape index (κ3) is 1.99. The van der Waals surface area contributed by atoms with Crippen molar-refractivity contribution in [1.29, 1.82) is 0 Å². The van der Waals surface area contributed by atoms with Crippen LogP contribution in [0, 0.1) is 21.7 Å². The van der Waals surface area contributed by atoms with E-state index in [2.05, 4.69) is 9.84 Å². The molecule has 0 N–H and O–H groups in total. The lowest BCUT2D eigenvalue weighted by atomic mass is 10.2. The minimum atomic E-state index is -0.800. The molecule has 8 heteroatoms. The molecule has 0 fully saturated rings. The molecule has 18 heavy (non-hydrogen) atoms. The van der Waals surface area contributed by atoms with Gasteiger partial charge in [0, 0.05) is 12.1 Å². The lowest BCUT2D eigenvalue weighted by Crippen LogP contribution is -2.01. The Morgan fingerprint density at radius 2 is 2.11 bits per heavy atom. The number of benzene rings is 1. The van der Waals surface area contributed by atoms with Gasteiger partial charge in [0.05, 0.1) is 12.0 Å². The molecule has 0 radical (unpaired) electrons. The number of rotatable bonds is 3. The monoisotopic (exact) mass is 255 g/mol. The number of halogens is 2. The van der Waals surface area contributed by atoms with Crippen LogP contribution < -0.4 is 4.74 Å². The van der Waals surface area contributed by atoms with Gasteiger partial charge in [0.1, 0.15) is 18.1 Å². The Morgan fingerprint density at radius 1 is 1.39 bits per heavy atom. The van der Waals surface area contributed by atoms with Gasteiger partial charge in [0.15, 0.2) is 17.4 Å². The fourth-order valence-corrected chi connectivity index (χ4v) is 1.39. The van der Waals surface area contributed by atoms with E-state index < -0.39 is 16.6 Å². The average Bonchev–Trinajstić information content (AvgIpc) is 2.81. The zero-order valence-corrected chi connectivity index (χ0v) is 9.13. The van der Waals surface area contributed by atoms with E-state index in [9.17, 15) is 18.9 Å². The molecule has 2 aromatic rings. The fraction of sp³-hybridized carbons (Fsp3) is 0.100. The van der Waals surface area contributed by atoms with Gasteiger partial charge in [-0.25, -0.2) is 13.5 Å². The molecule has 0 atom stereocenters. The van der Waals surface area contributed by atoms with Crippen LogP contribution in [0.4, 0.5) is 14.5 Å². The van der Waals surface area contributed by atoms with Crippen LogP contribution in [0.3, 0.4) is 0 Å². The Hall–Kier alpha value is -2.51. The SMILES string of the molecule is COc1cc(F)c(-n2cc([N+](=O)[O-])cn2)cc1F. The van der Waals surface area contributed by atoms with Crippen molar-refractivity contribution in [3.63, 3.8) is 0 Å². The summed E-state index contributed by atoms with van der Waals surface area (Å²) in [7, 11) is 1.20. The molecule has 94 valence electrons. The highest BCUT2D eigenvalue weighted by atomic mass is 19.1. The van der Waals surface area contributed by atoms with Crippen molar-refractivity contribution >= 4 is 5.69 Å². The van der Waals surface area contributed by atoms with Crippen molar-refractivity contribution in [1.82, 2.24) is 9.78 Å². The number of nitrogens with zero attached hydrogens (tertiary/aromatic N) is 3. The molecule has 1 aromatic heterocycles. The summed E-state index contributed by atoms with van der Waals surface area (Å²) in [6.07, 6.45) is 1.94. The van der Waals surface area contributed by atoms with Crippen molar-refractivity contribution in [2.45, 2.75) is 0 Å². The molecular weight excluding hydrogens is 248 g/mol. The molecule has 0 saturated carbocycles. The molecule has 0 unspecified atom stereocenters. The highest BCUT2D eigenvalue weighted by Gasteiger charge is 2.15. The maximum absolute atomic E-state index is 13.6. The van der Waals surface area contributed by atoms with Gasteiger partial charge in [-0.05, 0) is 0 Å². The Morgan fingerprint density at radius 3 is 2.67 bits per heavy atom. The van der Waals surface area contributed by atoms with Gasteiger partial charge in [0.2, 0.25) is 0 Å². The quantitative estimate of drug-likeness (QED) is 0.621. The summed E-state index contributed by atoms with van der Waals surface area (Å²) in [5.74, 6) is -1.84. The summed E-state index contributed by atoms with van der Waals surface area (Å²) < 4.78 is 32.5. The second-order valence-electron chi connectivity index (χ2n) is 3.34. The van der Waals surface area contributed by atoms with Crippen LogP contribution in [0.15, 0.2) is 24.5 Å². The average molecular weight is 255 g/mol. The van der Waals surface area contributed by atoms with Gasteiger partial charge < -0.3 is 4.74 Å². The van der Waals surface area contributed by atoms with E-state index in [1.807, 2.05) is 0 Å². The summed E-state index contributed by atoms with van der Waals surface area (Å²) in [5.41, 5.74) is -0.549. The first-order valence-corrected chi connectivity index (χ1v) is 4.75. The van der Waals surface area contributed by atoms with E-state index >= 15 is 0 Å². The summed E-state index contributed by atoms with van der Waals surface area (Å²) in [4.78, 5) is 9.78. The smallest absolute Gasteiger partial charge is 0.307 e. The first-order valence-electron chi connectivity index (χ1n) is 4.75. The highest BCUT2D eigenvalue weighted by molar-refractivity contribution is 5.41. The Bertz CT molecular complexity index is 612. The third-order valence-corrected chi connectivity index (χ3v) is 2.25. The predicted molar refractivity (Wildman–Crippen MR) is 56.7 cm³/mol. The van der Waals surface area contributed by atoms with Gasteiger partial charge in [-0.1, -0.05) is 0 Å². The Labute approximate surface area is 99.6 Å². The van der Waals surface area contributed by atoms with Crippen molar-refractivity contribution in [3.05, 3.63) is 46.3 Å². The van der Waals surface area contributed by atoms with Crippen molar-refractivity contribution in [2.24, 2.45) is 0 Å². The molecule has 0 aliphatic rings. The maximum Gasteiger partial charge on any atom is 0.307 e. The molecule has 0 spiro atoms. The largest absolute Gasteiger partial charge is 0.494 e. The molecule has 2 rings (SSSR count). The molecule has 1 aromatic carbocycles. The number of ether oxygens (including phenoxy) is 1. The standard InChI is InChI=1S/C10H7F2N3O3/c1-18-10-3-7(11)9(2-8(10)12)14-5-6(4-13-14)15(16)17/h2-5H,1H3. The molecule has 0 saturated heterocycles. The van der Waals surface area contributed by atoms with E-state index in [0.29, 0.717) is 0 Å². The summed E-state index contributed by atoms with van der Waals surface area (Å²) >= 11 is 0. The van der Waals surface area contributed by atoms with Crippen LogP contribution in [-0.2, 0) is 0 Å². The van der Waals surface area contributed by atoms with E-state index in [1.54, 1.807) is 0 Å². The molecule has 0 amide bonds. The topological polar surface area (TPSA) is 70.2 Å². The predicted octanol–water partition coefficient (Wildman–Crippen LogP) is 2.07. The maximum atomic E-state index is 13.6. The second-order valence-corrected chi connectivity index (χ2v) is 3.34. The van der Waals surface area contributed by atoms with Crippen molar-refractivity contribution in [3.8, 4) is 11.4 Å². The minimum Gasteiger partial charge on any atom is -0.494 e. The van der Waals surface area contributed by atoms with Crippen LogP contribution in [-0.4, -0.2) is 21.8 Å². The van der Waals surface area contributed by atoms with Gasteiger partial charge in [0.25, 0.3) is 0 Å². The zero-order chi connectivity index (χ0) is 13.3. The van der Waals surface area contributed by atoms with Crippen LogP contribution in [0.5, 0.6) is 5.75 Å². The highest BCUT2D eigenvalue weighted by Crippen LogP contribution is 2.24. The van der Waals surface area contributed by atoms with Crippen LogP contribution >= 0.6 is 0 Å². The summed E-state index contributed by atoms with van der Waals surface area (Å²) in [5, 5.41) is 14.1. The lowest BCUT2D eigenvalue weighted by molar-refractivity contribution is -0.384. The van der Waals surface area contributed by atoms with Crippen molar-refractivity contribution in [2.75, 3.05) is 7.11 Å². The zero-order valence-electron chi connectivity index (χ0n) is 9.13. The van der Waals surface area contributed by atoms with E-state index in [4.69, 9.17) is 0 Å². The number of hydrogen-bond acceptors (Lipinski definition) is 4. The van der Waals surface area contributed by atoms with E-state index in [0.717, 1.165) is 29.2 Å². The van der Waals surface area contributed by atoms with E-state index in [-0.39, 0.29) is 17.1 Å². The van der Waals surface area contributed by atoms with Gasteiger partial charge in [-0.3, -0.25) is 10.1 Å². The molecule has 0 aliphatic carbocycles. The third-order valence-electron chi connectivity index (χ3n) is 2.25. The number of aromatic nitrogens is 2. The normalized spacial score (nSPS) is 10.4. The van der Waals surface area contributed by atoms with Crippen LogP contribution in [0.2, 0.25) is 0 Å². The lowest BCUT2D eigenvalue weighted by Gasteiger charge is -2.06. The number of nitro groups is 1. The molecule has 0 aliphatic heterocycles. The second kappa shape index (κ2) is 4.40. The van der Waals surface area contributed by atoms with Crippen LogP contribution in [0.1, 0.15) is 0 Å². The number of hydrogen-bond donors (Lipinski definition) is 0. The van der Waals surface area contributed by atoms with E-state index in [1.165, 1.54) is 7.11 Å². The van der Waals surface area contributed by atoms with Crippen molar-refractivity contribution < 1.29 is 18.4 Å². The fourth-order valence-electron chi connectivity index (χ4n) is 1.39. The molecule has 6 nitrogen and oxygen atoms in total. The Balaban J connectivity index is 2.50. The van der Waals surface area contributed by atoms with Gasteiger partial charge >= 0.3 is 5.69 Å². The van der Waals surface area contributed by atoms with Gasteiger partial charge in [-0.15, -0.1) is 0 Å². The molecular formula is C10H7F2N3O3. The van der Waals surface area contributed by atoms with Crippen LogP contribution in [0.25, 0.3) is 5.69 Å². The minimum absolute atomic E-state index is 0.235. The number of methoxy groups -OCH3 is 1. The first kappa shape index (κ1) is 12.0.